The Morgan fingerprint density at radius 2 is 2.19 bits per heavy atom. The zero-order chi connectivity index (χ0) is 11.7. The zero-order valence-electron chi connectivity index (χ0n) is 9.47. The molecule has 4 heteroatoms. The third-order valence-electron chi connectivity index (χ3n) is 2.68. The highest BCUT2D eigenvalue weighted by Crippen LogP contribution is 2.18. The maximum Gasteiger partial charge on any atom is 0.155 e. The summed E-state index contributed by atoms with van der Waals surface area (Å²) in [7, 11) is 1.88. The van der Waals surface area contributed by atoms with Gasteiger partial charge in [-0.25, -0.2) is 0 Å². The van der Waals surface area contributed by atoms with Crippen molar-refractivity contribution in [3.8, 4) is 0 Å². The minimum Gasteiger partial charge on any atom is -0.322 e. The van der Waals surface area contributed by atoms with Gasteiger partial charge in [-0.2, -0.15) is 5.10 Å². The van der Waals surface area contributed by atoms with Crippen LogP contribution in [0.2, 0.25) is 0 Å². The monoisotopic (exact) mass is 217 g/mol. The van der Waals surface area contributed by atoms with Gasteiger partial charge in [-0.05, 0) is 13.0 Å². The Hall–Kier alpha value is -1.68. The molecule has 0 saturated heterocycles. The van der Waals surface area contributed by atoms with Crippen LogP contribution in [0.5, 0.6) is 0 Å². The van der Waals surface area contributed by atoms with Gasteiger partial charge in [0.15, 0.2) is 5.78 Å². The molecule has 0 aliphatic heterocycles. The topological polar surface area (TPSA) is 60.9 Å². The van der Waals surface area contributed by atoms with Crippen molar-refractivity contribution in [1.82, 2.24) is 9.78 Å². The van der Waals surface area contributed by atoms with Crippen molar-refractivity contribution in [2.24, 2.45) is 12.8 Å². The normalized spacial score (nSPS) is 12.9. The van der Waals surface area contributed by atoms with Crippen molar-refractivity contribution >= 4 is 16.7 Å². The molecule has 2 rings (SSSR count). The van der Waals surface area contributed by atoms with Gasteiger partial charge < -0.3 is 5.73 Å². The Morgan fingerprint density at radius 1 is 1.50 bits per heavy atom. The third-order valence-corrected chi connectivity index (χ3v) is 2.68. The standard InChI is InChI=1S/C12H15N3O/c1-8(13)12(16)7-10-9-5-3-4-6-11(9)15(2)14-10/h3-6,8H,7,13H2,1-2H3. The predicted octanol–water partition coefficient (Wildman–Crippen LogP) is 1.03. The minimum atomic E-state index is -0.430. The molecular formula is C12H15N3O. The van der Waals surface area contributed by atoms with Crippen LogP contribution in [0, 0.1) is 0 Å². The average molecular weight is 217 g/mol. The maximum absolute atomic E-state index is 11.6. The first kappa shape index (κ1) is 10.8. The summed E-state index contributed by atoms with van der Waals surface area (Å²) in [6, 6.07) is 7.44. The fraction of sp³-hybridized carbons (Fsp3) is 0.333. The molecule has 1 aromatic carbocycles. The SMILES string of the molecule is CC(N)C(=O)Cc1nn(C)c2ccccc12. The summed E-state index contributed by atoms with van der Waals surface area (Å²) < 4.78 is 1.79. The van der Waals surface area contributed by atoms with E-state index in [1.54, 1.807) is 11.6 Å². The molecule has 0 fully saturated rings. The molecule has 0 saturated carbocycles. The Bertz CT molecular complexity index is 528. The number of aryl methyl sites for hydroxylation is 1. The summed E-state index contributed by atoms with van der Waals surface area (Å²) >= 11 is 0. The highest BCUT2D eigenvalue weighted by Gasteiger charge is 2.14. The van der Waals surface area contributed by atoms with Gasteiger partial charge in [-0.3, -0.25) is 9.48 Å². The van der Waals surface area contributed by atoms with Crippen molar-refractivity contribution < 1.29 is 4.79 Å². The van der Waals surface area contributed by atoms with Gasteiger partial charge in [-0.15, -0.1) is 0 Å². The number of rotatable bonds is 3. The third kappa shape index (κ3) is 1.84. The maximum atomic E-state index is 11.6. The van der Waals surface area contributed by atoms with Crippen LogP contribution in [0.25, 0.3) is 10.9 Å². The summed E-state index contributed by atoms with van der Waals surface area (Å²) in [5.41, 5.74) is 7.39. The molecule has 1 aromatic heterocycles. The smallest absolute Gasteiger partial charge is 0.155 e. The fourth-order valence-corrected chi connectivity index (χ4v) is 1.75. The van der Waals surface area contributed by atoms with E-state index in [0.717, 1.165) is 16.6 Å². The van der Waals surface area contributed by atoms with Crippen molar-refractivity contribution in [3.05, 3.63) is 30.0 Å². The number of ketones is 1. The second kappa shape index (κ2) is 4.06. The van der Waals surface area contributed by atoms with Crippen LogP contribution in [0.3, 0.4) is 0 Å². The van der Waals surface area contributed by atoms with E-state index in [2.05, 4.69) is 5.10 Å². The van der Waals surface area contributed by atoms with Crippen LogP contribution in [0.1, 0.15) is 12.6 Å². The van der Waals surface area contributed by atoms with E-state index in [4.69, 9.17) is 5.73 Å². The number of nitrogens with two attached hydrogens (primary N) is 1. The molecule has 0 bridgehead atoms. The fourth-order valence-electron chi connectivity index (χ4n) is 1.75. The summed E-state index contributed by atoms with van der Waals surface area (Å²) in [4.78, 5) is 11.6. The average Bonchev–Trinajstić information content (AvgIpc) is 2.57. The Morgan fingerprint density at radius 3 is 2.88 bits per heavy atom. The predicted molar refractivity (Wildman–Crippen MR) is 63.1 cm³/mol. The number of para-hydroxylation sites is 1. The van der Waals surface area contributed by atoms with Crippen molar-refractivity contribution in [2.45, 2.75) is 19.4 Å². The largest absolute Gasteiger partial charge is 0.322 e. The van der Waals surface area contributed by atoms with Crippen LogP contribution in [0.15, 0.2) is 24.3 Å². The molecule has 1 heterocycles. The summed E-state index contributed by atoms with van der Waals surface area (Å²) in [6.45, 7) is 1.70. The number of carbonyl (C=O) groups is 1. The highest BCUT2D eigenvalue weighted by molar-refractivity contribution is 5.90. The molecule has 0 amide bonds. The lowest BCUT2D eigenvalue weighted by molar-refractivity contribution is -0.119. The molecular weight excluding hydrogens is 202 g/mol. The molecule has 2 N–H and O–H groups in total. The molecule has 4 nitrogen and oxygen atoms in total. The van der Waals surface area contributed by atoms with Crippen LogP contribution >= 0.6 is 0 Å². The lowest BCUT2D eigenvalue weighted by Gasteiger charge is -2.01. The van der Waals surface area contributed by atoms with E-state index in [-0.39, 0.29) is 5.78 Å². The number of benzene rings is 1. The number of carbonyl (C=O) groups excluding carboxylic acids is 1. The van der Waals surface area contributed by atoms with E-state index >= 15 is 0 Å². The van der Waals surface area contributed by atoms with Crippen LogP contribution in [0.4, 0.5) is 0 Å². The van der Waals surface area contributed by atoms with Gasteiger partial charge >= 0.3 is 0 Å². The van der Waals surface area contributed by atoms with E-state index in [9.17, 15) is 4.79 Å². The van der Waals surface area contributed by atoms with E-state index < -0.39 is 6.04 Å². The van der Waals surface area contributed by atoms with Crippen LogP contribution < -0.4 is 5.73 Å². The van der Waals surface area contributed by atoms with Gasteiger partial charge in [0.25, 0.3) is 0 Å². The van der Waals surface area contributed by atoms with E-state index in [0.29, 0.717) is 6.42 Å². The number of aromatic nitrogens is 2. The molecule has 1 unspecified atom stereocenters. The van der Waals surface area contributed by atoms with Gasteiger partial charge in [-0.1, -0.05) is 18.2 Å². The number of hydrogen-bond acceptors (Lipinski definition) is 3. The number of hydrogen-bond donors (Lipinski definition) is 1. The van der Waals surface area contributed by atoms with Crippen LogP contribution in [-0.2, 0) is 18.3 Å². The highest BCUT2D eigenvalue weighted by atomic mass is 16.1. The Kier molecular flexibility index (Phi) is 2.75. The first-order valence-corrected chi connectivity index (χ1v) is 5.28. The second-order valence-corrected chi connectivity index (χ2v) is 4.02. The van der Waals surface area contributed by atoms with Gasteiger partial charge in [0.05, 0.1) is 23.7 Å². The molecule has 2 aromatic rings. The van der Waals surface area contributed by atoms with Crippen molar-refractivity contribution in [3.63, 3.8) is 0 Å². The van der Waals surface area contributed by atoms with Gasteiger partial charge in [0, 0.05) is 12.4 Å². The van der Waals surface area contributed by atoms with Gasteiger partial charge in [0.1, 0.15) is 0 Å². The first-order chi connectivity index (χ1) is 7.59. The number of fused-ring (bicyclic) bond motifs is 1. The van der Waals surface area contributed by atoms with E-state index in [1.807, 2.05) is 31.3 Å². The lowest BCUT2D eigenvalue weighted by atomic mass is 10.1. The van der Waals surface area contributed by atoms with Crippen molar-refractivity contribution in [1.29, 1.82) is 0 Å². The van der Waals surface area contributed by atoms with Gasteiger partial charge in [0.2, 0.25) is 0 Å². The molecule has 84 valence electrons. The summed E-state index contributed by atoms with van der Waals surface area (Å²) in [5.74, 6) is 0.0175. The lowest BCUT2D eigenvalue weighted by Crippen LogP contribution is -2.28. The van der Waals surface area contributed by atoms with E-state index in [1.165, 1.54) is 0 Å². The molecule has 0 radical (unpaired) electrons. The summed E-state index contributed by atoms with van der Waals surface area (Å²) in [6.07, 6.45) is 0.305. The summed E-state index contributed by atoms with van der Waals surface area (Å²) in [5, 5.41) is 5.38. The Labute approximate surface area is 94.0 Å². The molecule has 0 spiro atoms. The second-order valence-electron chi connectivity index (χ2n) is 4.02. The quantitative estimate of drug-likeness (QED) is 0.835. The molecule has 1 atom stereocenters. The molecule has 0 aliphatic rings. The first-order valence-electron chi connectivity index (χ1n) is 5.28. The molecule has 16 heavy (non-hydrogen) atoms. The van der Waals surface area contributed by atoms with Crippen molar-refractivity contribution in [2.75, 3.05) is 0 Å². The zero-order valence-corrected chi connectivity index (χ0v) is 9.47. The number of Topliss-reactive ketones (excluding diaryl/α,β-unsaturated/α-hetero) is 1. The number of nitrogens with zero attached hydrogens (tertiary/aromatic N) is 2. The Balaban J connectivity index is 2.42. The minimum absolute atomic E-state index is 0.0175. The molecule has 0 aliphatic carbocycles. The van der Waals surface area contributed by atoms with Crippen LogP contribution in [-0.4, -0.2) is 21.6 Å².